The highest BCUT2D eigenvalue weighted by molar-refractivity contribution is 7.89. The third-order valence-electron chi connectivity index (χ3n) is 3.75. The van der Waals surface area contributed by atoms with Gasteiger partial charge in [-0.3, -0.25) is 9.59 Å². The van der Waals surface area contributed by atoms with Gasteiger partial charge in [0.05, 0.1) is 21.4 Å². The molecule has 0 aliphatic carbocycles. The molecular formula is C18H18Cl2N2O5S. The summed E-state index contributed by atoms with van der Waals surface area (Å²) in [5.41, 5.74) is 0.981. The molecule has 28 heavy (non-hydrogen) atoms. The molecule has 0 unspecified atom stereocenters. The molecular weight excluding hydrogens is 427 g/mol. The zero-order valence-corrected chi connectivity index (χ0v) is 16.9. The molecule has 0 fully saturated rings. The largest absolute Gasteiger partial charge is 0.481 e. The Morgan fingerprint density at radius 1 is 1.04 bits per heavy atom. The molecule has 2 rings (SSSR count). The molecule has 0 bridgehead atoms. The van der Waals surface area contributed by atoms with Crippen LogP contribution in [0.2, 0.25) is 10.0 Å². The molecule has 0 spiro atoms. The highest BCUT2D eigenvalue weighted by Gasteiger charge is 2.28. The van der Waals surface area contributed by atoms with Crippen LogP contribution in [0.4, 0.5) is 0 Å². The zero-order valence-electron chi connectivity index (χ0n) is 14.6. The zero-order chi connectivity index (χ0) is 20.7. The Kier molecular flexibility index (Phi) is 7.82. The molecule has 1 amide bonds. The molecule has 0 saturated carbocycles. The Morgan fingerprint density at radius 3 is 2.32 bits per heavy atom. The molecule has 0 heterocycles. The maximum Gasteiger partial charge on any atom is 0.305 e. The number of halogens is 2. The van der Waals surface area contributed by atoms with E-state index in [-0.39, 0.29) is 21.5 Å². The van der Waals surface area contributed by atoms with Gasteiger partial charge in [0.2, 0.25) is 15.9 Å². The summed E-state index contributed by atoms with van der Waals surface area (Å²) in [5.74, 6) is -2.05. The van der Waals surface area contributed by atoms with Crippen LogP contribution >= 0.6 is 23.2 Å². The predicted molar refractivity (Wildman–Crippen MR) is 106 cm³/mol. The fourth-order valence-electron chi connectivity index (χ4n) is 2.36. The van der Waals surface area contributed by atoms with Crippen LogP contribution in [-0.4, -0.2) is 38.0 Å². The minimum Gasteiger partial charge on any atom is -0.481 e. The smallest absolute Gasteiger partial charge is 0.305 e. The Balaban J connectivity index is 2.07. The second-order valence-electron chi connectivity index (χ2n) is 5.87. The van der Waals surface area contributed by atoms with Crippen molar-refractivity contribution in [2.75, 3.05) is 6.54 Å². The molecule has 3 N–H and O–H groups in total. The summed E-state index contributed by atoms with van der Waals surface area (Å²) in [4.78, 5) is 23.2. The number of amides is 1. The van der Waals surface area contributed by atoms with Gasteiger partial charge in [-0.05, 0) is 30.2 Å². The Hall–Kier alpha value is -2.13. The van der Waals surface area contributed by atoms with E-state index in [1.165, 1.54) is 12.1 Å². The van der Waals surface area contributed by atoms with Crippen molar-refractivity contribution in [3.8, 4) is 0 Å². The van der Waals surface area contributed by atoms with Crippen LogP contribution in [0.1, 0.15) is 12.0 Å². The number of carboxylic acid groups (broad SMARTS) is 1. The lowest BCUT2D eigenvalue weighted by Crippen LogP contribution is -2.48. The van der Waals surface area contributed by atoms with Gasteiger partial charge < -0.3 is 10.4 Å². The number of hydrogen-bond acceptors (Lipinski definition) is 4. The molecule has 10 heteroatoms. The number of nitrogens with one attached hydrogen (secondary N) is 2. The quantitative estimate of drug-likeness (QED) is 0.549. The van der Waals surface area contributed by atoms with E-state index in [1.807, 2.05) is 30.3 Å². The molecule has 2 aromatic rings. The lowest BCUT2D eigenvalue weighted by Gasteiger charge is -2.17. The third-order valence-corrected chi connectivity index (χ3v) is 5.96. The van der Waals surface area contributed by atoms with E-state index >= 15 is 0 Å². The first-order chi connectivity index (χ1) is 13.2. The van der Waals surface area contributed by atoms with Crippen LogP contribution in [0, 0.1) is 0 Å². The van der Waals surface area contributed by atoms with Gasteiger partial charge >= 0.3 is 5.97 Å². The first-order valence-electron chi connectivity index (χ1n) is 8.20. The minimum atomic E-state index is -4.18. The Morgan fingerprint density at radius 2 is 1.71 bits per heavy atom. The Bertz CT molecular complexity index is 952. The molecule has 0 saturated heterocycles. The van der Waals surface area contributed by atoms with Gasteiger partial charge in [-0.15, -0.1) is 0 Å². The Labute approximate surface area is 172 Å². The summed E-state index contributed by atoms with van der Waals surface area (Å²) in [6.07, 6.45) is -0.191. The third kappa shape index (κ3) is 6.49. The average Bonchev–Trinajstić information content (AvgIpc) is 2.63. The number of rotatable bonds is 9. The second kappa shape index (κ2) is 9.88. The van der Waals surface area contributed by atoms with Crippen molar-refractivity contribution in [3.63, 3.8) is 0 Å². The topological polar surface area (TPSA) is 113 Å². The molecule has 0 aliphatic heterocycles. The van der Waals surface area contributed by atoms with Crippen LogP contribution < -0.4 is 10.0 Å². The van der Waals surface area contributed by atoms with Crippen LogP contribution in [0.15, 0.2) is 53.4 Å². The van der Waals surface area contributed by atoms with Crippen molar-refractivity contribution in [1.29, 1.82) is 0 Å². The molecule has 2 aromatic carbocycles. The number of sulfonamides is 1. The summed E-state index contributed by atoms with van der Waals surface area (Å²) >= 11 is 11.6. The second-order valence-corrected chi connectivity index (χ2v) is 8.40. The van der Waals surface area contributed by atoms with Gasteiger partial charge in [-0.25, -0.2) is 8.42 Å². The van der Waals surface area contributed by atoms with E-state index < -0.39 is 34.4 Å². The number of benzene rings is 2. The van der Waals surface area contributed by atoms with Gasteiger partial charge in [-0.1, -0.05) is 53.5 Å². The van der Waals surface area contributed by atoms with Crippen LogP contribution in [0.25, 0.3) is 0 Å². The normalized spacial score (nSPS) is 12.4. The summed E-state index contributed by atoms with van der Waals surface area (Å²) in [5, 5.41) is 11.8. The number of hydrogen-bond donors (Lipinski definition) is 3. The summed E-state index contributed by atoms with van der Waals surface area (Å²) in [6.45, 7) is 0.230. The summed E-state index contributed by atoms with van der Waals surface area (Å²) in [6, 6.07) is 11.5. The predicted octanol–water partition coefficient (Wildman–Crippen LogP) is 2.47. The van der Waals surface area contributed by atoms with Gasteiger partial charge in [0.1, 0.15) is 6.04 Å². The summed E-state index contributed by atoms with van der Waals surface area (Å²) < 4.78 is 27.1. The van der Waals surface area contributed by atoms with Crippen molar-refractivity contribution in [2.24, 2.45) is 0 Å². The standard InChI is InChI=1S/C18H18Cl2N2O5S/c19-14-7-6-13(10-15(14)20)28(26,27)22-16(11-17(23)24)18(25)21-9-8-12-4-2-1-3-5-12/h1-7,10,16,22H,8-9,11H2,(H,21,25)(H,23,24)/t16-/m0/s1. The van der Waals surface area contributed by atoms with Gasteiger partial charge in [0.25, 0.3) is 0 Å². The van der Waals surface area contributed by atoms with E-state index in [0.717, 1.165) is 11.6 Å². The van der Waals surface area contributed by atoms with Crippen molar-refractivity contribution in [3.05, 3.63) is 64.1 Å². The van der Waals surface area contributed by atoms with Gasteiger partial charge in [0.15, 0.2) is 0 Å². The van der Waals surface area contributed by atoms with Crippen molar-refractivity contribution < 1.29 is 23.1 Å². The van der Waals surface area contributed by atoms with E-state index in [0.29, 0.717) is 6.42 Å². The molecule has 0 aliphatic rings. The van der Waals surface area contributed by atoms with Crippen molar-refractivity contribution >= 4 is 45.1 Å². The lowest BCUT2D eigenvalue weighted by atomic mass is 10.1. The monoisotopic (exact) mass is 444 g/mol. The highest BCUT2D eigenvalue weighted by atomic mass is 35.5. The maximum absolute atomic E-state index is 12.5. The molecule has 0 radical (unpaired) electrons. The van der Waals surface area contributed by atoms with Crippen LogP contribution in [0.5, 0.6) is 0 Å². The van der Waals surface area contributed by atoms with E-state index in [1.54, 1.807) is 0 Å². The van der Waals surface area contributed by atoms with E-state index in [9.17, 15) is 18.0 Å². The average molecular weight is 445 g/mol. The van der Waals surface area contributed by atoms with Gasteiger partial charge in [0, 0.05) is 6.54 Å². The lowest BCUT2D eigenvalue weighted by molar-refractivity contribution is -0.139. The van der Waals surface area contributed by atoms with Crippen molar-refractivity contribution in [1.82, 2.24) is 10.0 Å². The van der Waals surface area contributed by atoms with Gasteiger partial charge in [-0.2, -0.15) is 4.72 Å². The van der Waals surface area contributed by atoms with Crippen LogP contribution in [-0.2, 0) is 26.0 Å². The summed E-state index contributed by atoms with van der Waals surface area (Å²) in [7, 11) is -4.18. The molecule has 150 valence electrons. The highest BCUT2D eigenvalue weighted by Crippen LogP contribution is 2.24. The molecule has 1 atom stereocenters. The van der Waals surface area contributed by atoms with Crippen LogP contribution in [0.3, 0.4) is 0 Å². The number of carboxylic acids is 1. The number of carbonyl (C=O) groups is 2. The molecule has 0 aromatic heterocycles. The fraction of sp³-hybridized carbons (Fsp3) is 0.222. The number of carbonyl (C=O) groups excluding carboxylic acids is 1. The first kappa shape index (κ1) is 22.2. The molecule has 7 nitrogen and oxygen atoms in total. The van der Waals surface area contributed by atoms with Crippen molar-refractivity contribution in [2.45, 2.75) is 23.8 Å². The minimum absolute atomic E-state index is 0.0200. The number of aliphatic carboxylic acids is 1. The SMILES string of the molecule is O=C(O)C[C@H](NS(=O)(=O)c1ccc(Cl)c(Cl)c1)C(=O)NCCc1ccccc1. The van der Waals surface area contributed by atoms with E-state index in [4.69, 9.17) is 28.3 Å². The maximum atomic E-state index is 12.5. The fourth-order valence-corrected chi connectivity index (χ4v) is 3.94. The van der Waals surface area contributed by atoms with E-state index in [2.05, 4.69) is 10.0 Å². The first-order valence-corrected chi connectivity index (χ1v) is 10.4.